The van der Waals surface area contributed by atoms with Gasteiger partial charge in [0.05, 0.1) is 0 Å². The van der Waals surface area contributed by atoms with Gasteiger partial charge in [-0.2, -0.15) is 0 Å². The molecule has 3 aromatic carbocycles. The van der Waals surface area contributed by atoms with Crippen LogP contribution >= 0.6 is 0 Å². The zero-order valence-corrected chi connectivity index (χ0v) is 34.2. The highest BCUT2D eigenvalue weighted by molar-refractivity contribution is 5.76. The van der Waals surface area contributed by atoms with E-state index < -0.39 is 0 Å². The van der Waals surface area contributed by atoms with E-state index >= 15 is 0 Å². The Labute approximate surface area is 343 Å². The lowest BCUT2D eigenvalue weighted by atomic mass is 9.61. The van der Waals surface area contributed by atoms with E-state index in [1.54, 1.807) is 36.4 Å². The van der Waals surface area contributed by atoms with Gasteiger partial charge in [0.1, 0.15) is 0 Å². The van der Waals surface area contributed by atoms with Gasteiger partial charge >= 0.3 is 0 Å². The number of nitrogens with zero attached hydrogens (tertiary/aromatic N) is 3. The first-order valence-electron chi connectivity index (χ1n) is 22.2. The number of carbonyl (C=O) groups excluding carboxylic acids is 1. The fourth-order valence-electron chi connectivity index (χ4n) is 13.2. The predicted molar refractivity (Wildman–Crippen MR) is 222 cm³/mol. The molecule has 58 heavy (non-hydrogen) atoms. The molecule has 3 saturated carbocycles. The van der Waals surface area contributed by atoms with Gasteiger partial charge in [0.2, 0.25) is 5.91 Å². The van der Waals surface area contributed by atoms with E-state index in [1.165, 1.54) is 64.2 Å². The minimum absolute atomic E-state index is 0.0294. The van der Waals surface area contributed by atoms with Gasteiger partial charge in [-0.3, -0.25) is 14.6 Å². The lowest BCUT2D eigenvalue weighted by Gasteiger charge is -2.45. The number of fused-ring (bicyclic) bond motifs is 7. The van der Waals surface area contributed by atoms with Crippen LogP contribution in [-0.4, -0.2) is 84.0 Å². The van der Waals surface area contributed by atoms with Crippen LogP contribution < -0.4 is 0 Å². The van der Waals surface area contributed by atoms with Gasteiger partial charge in [0.25, 0.3) is 0 Å². The number of rotatable bonds is 11. The SMILES string of the molecule is O=C(CCC12CCC(CCCN3CCc4cc(O)c(O)cc4C3)(CC3CCC(CCCN4CCc5cc(O)c(O)cc5C4)(C3)C1)C2)N1CCc2cc(O)c(O)cc2C1. The average Bonchev–Trinajstić information content (AvgIpc) is 3.77. The maximum Gasteiger partial charge on any atom is 0.222 e. The molecule has 0 radical (unpaired) electrons. The second-order valence-corrected chi connectivity index (χ2v) is 19.8. The van der Waals surface area contributed by atoms with E-state index in [0.717, 1.165) is 111 Å². The van der Waals surface area contributed by atoms with Crippen LogP contribution in [0.3, 0.4) is 0 Å². The zero-order valence-electron chi connectivity index (χ0n) is 34.2. The second-order valence-electron chi connectivity index (χ2n) is 19.8. The molecule has 3 aromatic rings. The second kappa shape index (κ2) is 15.5. The minimum atomic E-state index is -0.127. The van der Waals surface area contributed by atoms with Crippen LogP contribution in [0.15, 0.2) is 36.4 Å². The smallest absolute Gasteiger partial charge is 0.222 e. The summed E-state index contributed by atoms with van der Waals surface area (Å²) in [5.41, 5.74) is 7.22. The van der Waals surface area contributed by atoms with Crippen LogP contribution in [0.25, 0.3) is 0 Å². The molecule has 3 aliphatic carbocycles. The first-order chi connectivity index (χ1) is 27.9. The third-order valence-electron chi connectivity index (χ3n) is 15.9. The molecule has 10 heteroatoms. The summed E-state index contributed by atoms with van der Waals surface area (Å²) in [5.74, 6) is 0.617. The molecule has 4 unspecified atom stereocenters. The van der Waals surface area contributed by atoms with Crippen LogP contribution in [0.1, 0.15) is 123 Å². The molecule has 3 aliphatic heterocycles. The van der Waals surface area contributed by atoms with Crippen molar-refractivity contribution in [1.29, 1.82) is 0 Å². The normalized spacial score (nSPS) is 28.1. The van der Waals surface area contributed by atoms with Crippen LogP contribution in [0.5, 0.6) is 34.5 Å². The summed E-state index contributed by atoms with van der Waals surface area (Å²) in [7, 11) is 0. The van der Waals surface area contributed by atoms with Crippen molar-refractivity contribution in [2.24, 2.45) is 22.2 Å². The summed E-state index contributed by atoms with van der Waals surface area (Å²) in [6.45, 7) is 6.76. The third-order valence-corrected chi connectivity index (χ3v) is 15.9. The molecule has 1 amide bonds. The van der Waals surface area contributed by atoms with Gasteiger partial charge in [-0.05, 0) is 208 Å². The van der Waals surface area contributed by atoms with Gasteiger partial charge in [-0.15, -0.1) is 0 Å². The van der Waals surface area contributed by atoms with Crippen molar-refractivity contribution in [3.05, 3.63) is 69.8 Å². The summed E-state index contributed by atoms with van der Waals surface area (Å²) >= 11 is 0. The topological polar surface area (TPSA) is 148 Å². The van der Waals surface area contributed by atoms with Crippen LogP contribution in [0, 0.1) is 22.2 Å². The number of aromatic hydroxyl groups is 6. The number of hydrogen-bond acceptors (Lipinski definition) is 9. The fraction of sp³-hybridized carbons (Fsp3) is 0.604. The molecule has 3 fully saturated rings. The molecule has 0 spiro atoms. The molecule has 4 bridgehead atoms. The first-order valence-corrected chi connectivity index (χ1v) is 22.2. The van der Waals surface area contributed by atoms with Crippen LogP contribution in [-0.2, 0) is 43.7 Å². The van der Waals surface area contributed by atoms with E-state index in [-0.39, 0.29) is 45.8 Å². The largest absolute Gasteiger partial charge is 0.504 e. The lowest BCUT2D eigenvalue weighted by Crippen LogP contribution is -2.38. The van der Waals surface area contributed by atoms with E-state index in [1.807, 2.05) is 4.90 Å². The van der Waals surface area contributed by atoms with Gasteiger partial charge in [0.15, 0.2) is 34.5 Å². The Morgan fingerprint density at radius 2 is 0.966 bits per heavy atom. The monoisotopic (exact) mass is 793 g/mol. The van der Waals surface area contributed by atoms with E-state index in [2.05, 4.69) is 9.80 Å². The zero-order chi connectivity index (χ0) is 40.2. The Kier molecular flexibility index (Phi) is 10.5. The fourth-order valence-corrected chi connectivity index (χ4v) is 13.2. The molecule has 6 aliphatic rings. The third kappa shape index (κ3) is 7.95. The molecule has 312 valence electrons. The average molecular weight is 794 g/mol. The number of hydrogen-bond donors (Lipinski definition) is 6. The lowest BCUT2D eigenvalue weighted by molar-refractivity contribution is -0.133. The molecule has 4 atom stereocenters. The highest BCUT2D eigenvalue weighted by atomic mass is 16.3. The summed E-state index contributed by atoms with van der Waals surface area (Å²) < 4.78 is 0. The number of phenols is 6. The Morgan fingerprint density at radius 3 is 1.48 bits per heavy atom. The van der Waals surface area contributed by atoms with Crippen molar-refractivity contribution in [3.8, 4) is 34.5 Å². The first kappa shape index (κ1) is 39.3. The Bertz CT molecular complexity index is 1980. The molecule has 3 heterocycles. The summed E-state index contributed by atoms with van der Waals surface area (Å²) in [6, 6.07) is 10.2. The van der Waals surface area contributed by atoms with E-state index in [0.29, 0.717) is 36.8 Å². The standard InChI is InChI=1S/C48H63N3O7/c52-39-19-33-5-16-49(27-36(33)22-42(39)55)14-1-8-46-10-3-32(25-46)26-47(9-2-15-50-17-6-34-20-40(53)43(56)23-37(34)28-50)12-13-48(30-46,31-47)11-4-45(58)51-18-7-35-21-41(54)44(57)24-38(35)29-51/h19-24,32,52-57H,1-18,25-31H2. The summed E-state index contributed by atoms with van der Waals surface area (Å²) in [5, 5.41) is 60.6. The predicted octanol–water partition coefficient (Wildman–Crippen LogP) is 8.00. The van der Waals surface area contributed by atoms with Crippen molar-refractivity contribution in [1.82, 2.24) is 14.7 Å². The molecule has 0 saturated heterocycles. The molecule has 6 N–H and O–H groups in total. The Morgan fingerprint density at radius 1 is 0.534 bits per heavy atom. The van der Waals surface area contributed by atoms with E-state index in [4.69, 9.17) is 0 Å². The molecule has 9 rings (SSSR count). The quantitative estimate of drug-likeness (QED) is 0.106. The van der Waals surface area contributed by atoms with Gasteiger partial charge in [-0.25, -0.2) is 0 Å². The van der Waals surface area contributed by atoms with Gasteiger partial charge < -0.3 is 35.5 Å². The molecular weight excluding hydrogens is 731 g/mol. The van der Waals surface area contributed by atoms with Gasteiger partial charge in [-0.1, -0.05) is 0 Å². The molecule has 10 nitrogen and oxygen atoms in total. The van der Waals surface area contributed by atoms with Crippen molar-refractivity contribution in [3.63, 3.8) is 0 Å². The molecule has 0 aromatic heterocycles. The van der Waals surface area contributed by atoms with Crippen LogP contribution in [0.2, 0.25) is 0 Å². The van der Waals surface area contributed by atoms with Crippen molar-refractivity contribution in [2.45, 2.75) is 129 Å². The van der Waals surface area contributed by atoms with Crippen molar-refractivity contribution in [2.75, 3.05) is 32.7 Å². The summed E-state index contributed by atoms with van der Waals surface area (Å²) in [4.78, 5) is 21.0. The Balaban J connectivity index is 0.879. The molecular formula is C48H63N3O7. The van der Waals surface area contributed by atoms with E-state index in [9.17, 15) is 35.4 Å². The van der Waals surface area contributed by atoms with Crippen molar-refractivity contribution < 1.29 is 35.4 Å². The maximum atomic E-state index is 14.0. The van der Waals surface area contributed by atoms with Crippen molar-refractivity contribution >= 4 is 5.91 Å². The highest BCUT2D eigenvalue weighted by Crippen LogP contribution is 2.67. The van der Waals surface area contributed by atoms with Gasteiger partial charge in [0, 0.05) is 45.7 Å². The number of carbonyl (C=O) groups is 1. The summed E-state index contributed by atoms with van der Waals surface area (Å²) in [6.07, 6.45) is 18.8. The number of phenolic OH excluding ortho intramolecular Hbond substituents is 6. The number of amides is 1. The maximum absolute atomic E-state index is 14.0. The Hall–Kier alpha value is -4.15. The highest BCUT2D eigenvalue weighted by Gasteiger charge is 2.56. The van der Waals surface area contributed by atoms with Crippen LogP contribution in [0.4, 0.5) is 0 Å². The number of benzene rings is 3. The minimum Gasteiger partial charge on any atom is -0.504 e.